The molecule has 0 aliphatic carbocycles. The lowest BCUT2D eigenvalue weighted by Gasteiger charge is -2.16. The molecule has 1 aliphatic heterocycles. The second-order valence-corrected chi connectivity index (χ2v) is 9.53. The molecule has 1 unspecified atom stereocenters. The van der Waals surface area contributed by atoms with Crippen LogP contribution in [0.3, 0.4) is 0 Å². The van der Waals surface area contributed by atoms with Gasteiger partial charge in [0, 0.05) is 13.1 Å². The zero-order valence-electron chi connectivity index (χ0n) is 17.8. The van der Waals surface area contributed by atoms with Crippen LogP contribution in [-0.2, 0) is 26.0 Å². The molecule has 31 heavy (non-hydrogen) atoms. The second-order valence-electron chi connectivity index (χ2n) is 7.60. The number of aryl methyl sites for hydroxylation is 1. The summed E-state index contributed by atoms with van der Waals surface area (Å²) < 4.78 is 31.6. The van der Waals surface area contributed by atoms with Gasteiger partial charge in [0.15, 0.2) is 6.61 Å². The third kappa shape index (κ3) is 5.71. The molecule has 8 heteroatoms. The van der Waals surface area contributed by atoms with Crippen LogP contribution in [0.2, 0.25) is 0 Å². The molecule has 3 rings (SSSR count). The Kier molecular flexibility index (Phi) is 7.46. The van der Waals surface area contributed by atoms with Crippen LogP contribution < -0.4 is 5.32 Å². The fraction of sp³-hybridized carbons (Fsp3) is 0.391. The van der Waals surface area contributed by atoms with Crippen LogP contribution in [-0.4, -0.2) is 44.3 Å². The minimum atomic E-state index is -3.53. The van der Waals surface area contributed by atoms with E-state index in [1.54, 1.807) is 0 Å². The molecule has 1 saturated heterocycles. The summed E-state index contributed by atoms with van der Waals surface area (Å²) in [5.41, 5.74) is 2.37. The number of sulfonamides is 1. The van der Waals surface area contributed by atoms with Crippen molar-refractivity contribution in [1.82, 2.24) is 9.62 Å². The van der Waals surface area contributed by atoms with Crippen LogP contribution in [0.1, 0.15) is 54.2 Å². The maximum atomic E-state index is 12.5. The first-order chi connectivity index (χ1) is 14.8. The number of hydrogen-bond acceptors (Lipinski definition) is 5. The number of amides is 1. The Hall–Kier alpha value is -2.71. The van der Waals surface area contributed by atoms with Crippen molar-refractivity contribution in [1.29, 1.82) is 0 Å². The number of hydrogen-bond donors (Lipinski definition) is 1. The minimum Gasteiger partial charge on any atom is -0.452 e. The highest BCUT2D eigenvalue weighted by atomic mass is 32.2. The van der Waals surface area contributed by atoms with Gasteiger partial charge in [-0.25, -0.2) is 13.2 Å². The van der Waals surface area contributed by atoms with Crippen LogP contribution in [0.15, 0.2) is 53.4 Å². The monoisotopic (exact) mass is 444 g/mol. The zero-order valence-corrected chi connectivity index (χ0v) is 18.7. The third-order valence-electron chi connectivity index (χ3n) is 5.39. The number of ether oxygens (including phenoxy) is 1. The number of esters is 1. The average Bonchev–Trinajstić information content (AvgIpc) is 3.33. The summed E-state index contributed by atoms with van der Waals surface area (Å²) in [6.07, 6.45) is 2.66. The highest BCUT2D eigenvalue weighted by Crippen LogP contribution is 2.21. The Morgan fingerprint density at radius 1 is 1.03 bits per heavy atom. The highest BCUT2D eigenvalue weighted by molar-refractivity contribution is 7.89. The molecule has 0 spiro atoms. The minimum absolute atomic E-state index is 0.145. The van der Waals surface area contributed by atoms with E-state index in [2.05, 4.69) is 12.2 Å². The van der Waals surface area contributed by atoms with E-state index < -0.39 is 28.5 Å². The van der Waals surface area contributed by atoms with Crippen molar-refractivity contribution < 1.29 is 22.7 Å². The Labute approximate surface area is 183 Å². The van der Waals surface area contributed by atoms with Crippen LogP contribution in [0.4, 0.5) is 0 Å². The van der Waals surface area contributed by atoms with Crippen LogP contribution in [0, 0.1) is 0 Å². The molecule has 1 amide bonds. The molecule has 166 valence electrons. The van der Waals surface area contributed by atoms with Crippen molar-refractivity contribution in [2.75, 3.05) is 19.7 Å². The molecule has 0 radical (unpaired) electrons. The second kappa shape index (κ2) is 10.1. The standard InChI is InChI=1S/C23H28N2O5S/c1-3-18-6-8-19(9-7-18)17(2)24-22(26)16-30-23(27)20-10-12-21(13-11-20)31(28,29)25-14-4-5-15-25/h6-13,17H,3-5,14-16H2,1-2H3,(H,24,26). The molecule has 1 atom stereocenters. The summed E-state index contributed by atoms with van der Waals surface area (Å²) in [5, 5.41) is 2.80. The molecular formula is C23H28N2O5S. The number of carbonyl (C=O) groups excluding carboxylic acids is 2. The SMILES string of the molecule is CCc1ccc(C(C)NC(=O)COC(=O)c2ccc(S(=O)(=O)N3CCCC3)cc2)cc1. The Morgan fingerprint density at radius 2 is 1.65 bits per heavy atom. The Bertz CT molecular complexity index is 1010. The highest BCUT2D eigenvalue weighted by Gasteiger charge is 2.27. The van der Waals surface area contributed by atoms with Gasteiger partial charge >= 0.3 is 5.97 Å². The molecule has 1 fully saturated rings. The van der Waals surface area contributed by atoms with Crippen molar-refractivity contribution in [2.24, 2.45) is 0 Å². The molecule has 0 saturated carbocycles. The zero-order chi connectivity index (χ0) is 22.4. The van der Waals surface area contributed by atoms with E-state index >= 15 is 0 Å². The topological polar surface area (TPSA) is 92.8 Å². The van der Waals surface area contributed by atoms with Crippen molar-refractivity contribution in [2.45, 2.75) is 44.0 Å². The van der Waals surface area contributed by atoms with E-state index in [4.69, 9.17) is 4.74 Å². The molecule has 1 N–H and O–H groups in total. The van der Waals surface area contributed by atoms with Gasteiger partial charge in [-0.15, -0.1) is 0 Å². The molecule has 2 aromatic carbocycles. The van der Waals surface area contributed by atoms with Crippen LogP contribution >= 0.6 is 0 Å². The van der Waals surface area contributed by atoms with Crippen molar-refractivity contribution >= 4 is 21.9 Å². The quantitative estimate of drug-likeness (QED) is 0.632. The van der Waals surface area contributed by atoms with E-state index in [0.29, 0.717) is 13.1 Å². The summed E-state index contributed by atoms with van der Waals surface area (Å²) in [6, 6.07) is 13.4. The summed E-state index contributed by atoms with van der Waals surface area (Å²) >= 11 is 0. The van der Waals surface area contributed by atoms with E-state index in [9.17, 15) is 18.0 Å². The predicted molar refractivity (Wildman–Crippen MR) is 117 cm³/mol. The lowest BCUT2D eigenvalue weighted by Crippen LogP contribution is -2.31. The maximum Gasteiger partial charge on any atom is 0.338 e. The molecule has 2 aromatic rings. The molecule has 1 heterocycles. The van der Waals surface area contributed by atoms with Gasteiger partial charge in [-0.1, -0.05) is 31.2 Å². The van der Waals surface area contributed by atoms with Crippen molar-refractivity contribution in [3.05, 3.63) is 65.2 Å². The molecule has 1 aliphatic rings. The molecule has 0 bridgehead atoms. The van der Waals surface area contributed by atoms with E-state index in [1.165, 1.54) is 34.1 Å². The first kappa shape index (κ1) is 23.0. The molecule has 7 nitrogen and oxygen atoms in total. The van der Waals surface area contributed by atoms with Gasteiger partial charge in [0.2, 0.25) is 10.0 Å². The Balaban J connectivity index is 1.52. The number of nitrogens with one attached hydrogen (secondary N) is 1. The number of benzene rings is 2. The largest absolute Gasteiger partial charge is 0.452 e. The summed E-state index contributed by atoms with van der Waals surface area (Å²) in [7, 11) is -3.53. The average molecular weight is 445 g/mol. The fourth-order valence-corrected chi connectivity index (χ4v) is 4.98. The summed E-state index contributed by atoms with van der Waals surface area (Å²) in [6.45, 7) is 4.56. The van der Waals surface area contributed by atoms with Gasteiger partial charge in [0.25, 0.3) is 5.91 Å². The first-order valence-electron chi connectivity index (χ1n) is 10.5. The first-order valence-corrected chi connectivity index (χ1v) is 11.9. The van der Waals surface area contributed by atoms with Gasteiger partial charge < -0.3 is 10.1 Å². The lowest BCUT2D eigenvalue weighted by molar-refractivity contribution is -0.124. The van der Waals surface area contributed by atoms with E-state index in [0.717, 1.165) is 24.8 Å². The number of carbonyl (C=O) groups is 2. The predicted octanol–water partition coefficient (Wildman–Crippen LogP) is 3.07. The van der Waals surface area contributed by atoms with Crippen LogP contribution in [0.5, 0.6) is 0 Å². The van der Waals surface area contributed by atoms with Crippen LogP contribution in [0.25, 0.3) is 0 Å². The van der Waals surface area contributed by atoms with Gasteiger partial charge in [0.05, 0.1) is 16.5 Å². The van der Waals surface area contributed by atoms with E-state index in [-0.39, 0.29) is 16.5 Å². The van der Waals surface area contributed by atoms with Gasteiger partial charge in [-0.2, -0.15) is 4.31 Å². The fourth-order valence-electron chi connectivity index (χ4n) is 3.46. The van der Waals surface area contributed by atoms with Crippen molar-refractivity contribution in [3.63, 3.8) is 0 Å². The summed E-state index contributed by atoms with van der Waals surface area (Å²) in [4.78, 5) is 24.5. The maximum absolute atomic E-state index is 12.5. The smallest absolute Gasteiger partial charge is 0.338 e. The van der Waals surface area contributed by atoms with Crippen molar-refractivity contribution in [3.8, 4) is 0 Å². The van der Waals surface area contributed by atoms with Gasteiger partial charge in [0.1, 0.15) is 0 Å². The van der Waals surface area contributed by atoms with Gasteiger partial charge in [-0.3, -0.25) is 4.79 Å². The summed E-state index contributed by atoms with van der Waals surface area (Å²) in [5.74, 6) is -1.09. The lowest BCUT2D eigenvalue weighted by atomic mass is 10.1. The number of rotatable bonds is 8. The molecular weight excluding hydrogens is 416 g/mol. The normalized spacial score (nSPS) is 15.4. The third-order valence-corrected chi connectivity index (χ3v) is 7.31. The Morgan fingerprint density at radius 3 is 2.23 bits per heavy atom. The van der Waals surface area contributed by atoms with Gasteiger partial charge in [-0.05, 0) is 61.6 Å². The van der Waals surface area contributed by atoms with E-state index in [1.807, 2.05) is 31.2 Å². The molecule has 0 aromatic heterocycles. The number of nitrogens with zero attached hydrogens (tertiary/aromatic N) is 1.